The van der Waals surface area contributed by atoms with Crippen LogP contribution in [0.5, 0.6) is 0 Å². The predicted octanol–water partition coefficient (Wildman–Crippen LogP) is 5.63. The number of benzene rings is 1. The maximum absolute atomic E-state index is 6.70. The van der Waals surface area contributed by atoms with Gasteiger partial charge in [-0.15, -0.1) is 11.3 Å². The van der Waals surface area contributed by atoms with Gasteiger partial charge in [0.2, 0.25) is 0 Å². The highest BCUT2D eigenvalue weighted by Crippen LogP contribution is 2.51. The maximum Gasteiger partial charge on any atom is 0.0488 e. The molecule has 0 saturated heterocycles. The molecule has 0 amide bonds. The second-order valence-electron chi connectivity index (χ2n) is 5.71. The highest BCUT2D eigenvalue weighted by molar-refractivity contribution is 9.10. The molecule has 3 rings (SSSR count). The van der Waals surface area contributed by atoms with E-state index in [2.05, 4.69) is 46.4 Å². The molecule has 1 aliphatic carbocycles. The van der Waals surface area contributed by atoms with E-state index < -0.39 is 0 Å². The van der Waals surface area contributed by atoms with E-state index in [-0.39, 0.29) is 6.04 Å². The van der Waals surface area contributed by atoms with Crippen LogP contribution >= 0.6 is 27.3 Å². The van der Waals surface area contributed by atoms with Crippen molar-refractivity contribution in [3.8, 4) is 0 Å². The van der Waals surface area contributed by atoms with Crippen molar-refractivity contribution < 1.29 is 0 Å². The molecule has 19 heavy (non-hydrogen) atoms. The first-order valence-electron chi connectivity index (χ1n) is 7.09. The Morgan fingerprint density at radius 2 is 2.11 bits per heavy atom. The number of rotatable bonds is 3. The predicted molar refractivity (Wildman–Crippen MR) is 87.6 cm³/mol. The fourth-order valence-electron chi connectivity index (χ4n) is 3.58. The SMILES string of the molecule is CCC1(C(N)c2csc3c(Br)cccc23)CCCC1. The largest absolute Gasteiger partial charge is 0.323 e. The third kappa shape index (κ3) is 2.16. The van der Waals surface area contributed by atoms with Crippen molar-refractivity contribution in [2.75, 3.05) is 0 Å². The summed E-state index contributed by atoms with van der Waals surface area (Å²) in [5.41, 5.74) is 8.38. The van der Waals surface area contributed by atoms with Crippen LogP contribution in [0.4, 0.5) is 0 Å². The Kier molecular flexibility index (Phi) is 3.71. The second kappa shape index (κ2) is 5.19. The minimum Gasteiger partial charge on any atom is -0.323 e. The molecule has 1 aromatic heterocycles. The van der Waals surface area contributed by atoms with E-state index in [1.165, 1.54) is 52.2 Å². The van der Waals surface area contributed by atoms with Gasteiger partial charge in [0.1, 0.15) is 0 Å². The Hall–Kier alpha value is -0.380. The smallest absolute Gasteiger partial charge is 0.0488 e. The van der Waals surface area contributed by atoms with Gasteiger partial charge in [-0.3, -0.25) is 0 Å². The Bertz CT molecular complexity index is 583. The first-order chi connectivity index (χ1) is 9.18. The fourth-order valence-corrected chi connectivity index (χ4v) is 5.23. The molecule has 0 spiro atoms. The Morgan fingerprint density at radius 3 is 2.79 bits per heavy atom. The van der Waals surface area contributed by atoms with Crippen molar-refractivity contribution in [1.82, 2.24) is 0 Å². The van der Waals surface area contributed by atoms with Crippen LogP contribution in [0, 0.1) is 5.41 Å². The molecule has 3 heteroatoms. The summed E-state index contributed by atoms with van der Waals surface area (Å²) in [5, 5.41) is 3.61. The van der Waals surface area contributed by atoms with E-state index in [4.69, 9.17) is 5.73 Å². The minimum absolute atomic E-state index is 0.183. The molecule has 1 aliphatic rings. The molecule has 1 atom stereocenters. The van der Waals surface area contributed by atoms with E-state index in [1.54, 1.807) is 0 Å². The lowest BCUT2D eigenvalue weighted by atomic mass is 9.74. The van der Waals surface area contributed by atoms with Crippen LogP contribution in [0.25, 0.3) is 10.1 Å². The second-order valence-corrected chi connectivity index (χ2v) is 7.44. The highest BCUT2D eigenvalue weighted by Gasteiger charge is 2.39. The number of fused-ring (bicyclic) bond motifs is 1. The van der Waals surface area contributed by atoms with Crippen LogP contribution < -0.4 is 5.73 Å². The Balaban J connectivity index is 2.06. The summed E-state index contributed by atoms with van der Waals surface area (Å²) < 4.78 is 2.52. The van der Waals surface area contributed by atoms with Gasteiger partial charge in [0.15, 0.2) is 0 Å². The molecular weight excluding hydrogens is 318 g/mol. The zero-order valence-electron chi connectivity index (χ0n) is 11.3. The number of nitrogens with two attached hydrogens (primary N) is 1. The van der Waals surface area contributed by atoms with Gasteiger partial charge >= 0.3 is 0 Å². The van der Waals surface area contributed by atoms with Crippen LogP contribution in [0.3, 0.4) is 0 Å². The number of hydrogen-bond acceptors (Lipinski definition) is 2. The lowest BCUT2D eigenvalue weighted by molar-refractivity contribution is 0.223. The van der Waals surface area contributed by atoms with Crippen LogP contribution in [0.2, 0.25) is 0 Å². The molecule has 0 bridgehead atoms. The van der Waals surface area contributed by atoms with Crippen LogP contribution in [0.1, 0.15) is 50.6 Å². The van der Waals surface area contributed by atoms with E-state index in [1.807, 2.05) is 11.3 Å². The van der Waals surface area contributed by atoms with E-state index >= 15 is 0 Å². The standard InChI is InChI=1S/C16H20BrNS/c1-2-16(8-3-4-9-16)15(18)12-10-19-14-11(12)6-5-7-13(14)17/h5-7,10,15H,2-4,8-9,18H2,1H3. The fraction of sp³-hybridized carbons (Fsp3) is 0.500. The van der Waals surface area contributed by atoms with Gasteiger partial charge in [-0.05, 0) is 63.0 Å². The quantitative estimate of drug-likeness (QED) is 0.771. The summed E-state index contributed by atoms with van der Waals surface area (Å²) >= 11 is 5.45. The zero-order valence-corrected chi connectivity index (χ0v) is 13.7. The van der Waals surface area contributed by atoms with E-state index in [0.29, 0.717) is 5.41 Å². The molecule has 2 aromatic rings. The Morgan fingerprint density at radius 1 is 1.37 bits per heavy atom. The van der Waals surface area contributed by atoms with Gasteiger partial charge in [-0.1, -0.05) is 31.9 Å². The number of thiophene rings is 1. The average molecular weight is 338 g/mol. The monoisotopic (exact) mass is 337 g/mol. The third-order valence-electron chi connectivity index (χ3n) is 4.88. The number of halogens is 1. The summed E-state index contributed by atoms with van der Waals surface area (Å²) in [5.74, 6) is 0. The van der Waals surface area contributed by atoms with Crippen LogP contribution in [-0.2, 0) is 0 Å². The van der Waals surface area contributed by atoms with Crippen LogP contribution in [-0.4, -0.2) is 0 Å². The molecule has 1 heterocycles. The minimum atomic E-state index is 0.183. The molecule has 1 saturated carbocycles. The summed E-state index contributed by atoms with van der Waals surface area (Å²) in [7, 11) is 0. The van der Waals surface area contributed by atoms with Crippen molar-refractivity contribution in [3.05, 3.63) is 33.6 Å². The van der Waals surface area contributed by atoms with Gasteiger partial charge in [0, 0.05) is 15.2 Å². The normalized spacial score (nSPS) is 19.9. The summed E-state index contributed by atoms with van der Waals surface area (Å²) in [6.07, 6.45) is 6.45. The molecule has 0 aliphatic heterocycles. The van der Waals surface area contributed by atoms with Gasteiger partial charge in [-0.25, -0.2) is 0 Å². The molecule has 2 N–H and O–H groups in total. The number of hydrogen-bond donors (Lipinski definition) is 1. The lowest BCUT2D eigenvalue weighted by Crippen LogP contribution is -2.31. The lowest BCUT2D eigenvalue weighted by Gasteiger charge is -2.34. The van der Waals surface area contributed by atoms with Crippen molar-refractivity contribution in [3.63, 3.8) is 0 Å². The third-order valence-corrected chi connectivity index (χ3v) is 6.85. The molecular formula is C16H20BrNS. The van der Waals surface area contributed by atoms with Gasteiger partial charge in [0.25, 0.3) is 0 Å². The van der Waals surface area contributed by atoms with Gasteiger partial charge in [-0.2, -0.15) is 0 Å². The van der Waals surface area contributed by atoms with Crippen molar-refractivity contribution in [2.24, 2.45) is 11.1 Å². The summed E-state index contributed by atoms with van der Waals surface area (Å²) in [4.78, 5) is 0. The van der Waals surface area contributed by atoms with Gasteiger partial charge < -0.3 is 5.73 Å². The average Bonchev–Trinajstić information content (AvgIpc) is 3.06. The highest BCUT2D eigenvalue weighted by atomic mass is 79.9. The first kappa shape index (κ1) is 13.6. The molecule has 102 valence electrons. The van der Waals surface area contributed by atoms with Crippen molar-refractivity contribution in [2.45, 2.75) is 45.1 Å². The molecule has 0 radical (unpaired) electrons. The summed E-state index contributed by atoms with van der Waals surface area (Å²) in [6, 6.07) is 6.62. The van der Waals surface area contributed by atoms with Crippen LogP contribution in [0.15, 0.2) is 28.1 Å². The van der Waals surface area contributed by atoms with Gasteiger partial charge in [0.05, 0.1) is 0 Å². The van der Waals surface area contributed by atoms with E-state index in [9.17, 15) is 0 Å². The topological polar surface area (TPSA) is 26.0 Å². The zero-order chi connectivity index (χ0) is 13.5. The first-order valence-corrected chi connectivity index (χ1v) is 8.76. The molecule has 1 aromatic carbocycles. The molecule has 1 unspecified atom stereocenters. The Labute approximate surface area is 127 Å². The summed E-state index contributed by atoms with van der Waals surface area (Å²) in [6.45, 7) is 2.30. The van der Waals surface area contributed by atoms with E-state index in [0.717, 1.165) is 0 Å². The maximum atomic E-state index is 6.70. The molecule has 1 nitrogen and oxygen atoms in total. The van der Waals surface area contributed by atoms with Crippen molar-refractivity contribution in [1.29, 1.82) is 0 Å². The van der Waals surface area contributed by atoms with Crippen molar-refractivity contribution >= 4 is 37.4 Å². The molecule has 1 fully saturated rings.